The van der Waals surface area contributed by atoms with Crippen LogP contribution in [-0.4, -0.2) is 69.1 Å². The van der Waals surface area contributed by atoms with E-state index in [2.05, 4.69) is 15.6 Å². The first-order valence-corrected chi connectivity index (χ1v) is 14.3. The van der Waals surface area contributed by atoms with Crippen LogP contribution in [0.15, 0.2) is 29.2 Å². The highest BCUT2D eigenvalue weighted by atomic mass is 35.5. The van der Waals surface area contributed by atoms with E-state index in [1.54, 1.807) is 25.2 Å². The Balaban J connectivity index is 1.25. The van der Waals surface area contributed by atoms with Gasteiger partial charge in [-0.1, -0.05) is 11.6 Å². The van der Waals surface area contributed by atoms with E-state index in [1.807, 2.05) is 16.7 Å². The molecule has 2 saturated heterocycles. The van der Waals surface area contributed by atoms with Crippen molar-refractivity contribution in [1.29, 1.82) is 0 Å². The third-order valence-electron chi connectivity index (χ3n) is 8.75. The van der Waals surface area contributed by atoms with Crippen molar-refractivity contribution in [2.24, 2.45) is 13.0 Å². The number of aryl methyl sites for hydroxylation is 1. The number of fused-ring (bicyclic) bond motifs is 5. The second kappa shape index (κ2) is 9.43. The predicted molar refractivity (Wildman–Crippen MR) is 152 cm³/mol. The number of carbonyl (C=O) groups is 1. The van der Waals surface area contributed by atoms with Crippen molar-refractivity contribution < 1.29 is 18.3 Å². The summed E-state index contributed by atoms with van der Waals surface area (Å²) in [6.45, 7) is 2.42. The Labute approximate surface area is 239 Å². The van der Waals surface area contributed by atoms with Crippen LogP contribution in [-0.2, 0) is 11.8 Å². The van der Waals surface area contributed by atoms with Crippen molar-refractivity contribution in [3.8, 4) is 5.75 Å². The van der Waals surface area contributed by atoms with Crippen LogP contribution in [0, 0.1) is 5.92 Å². The summed E-state index contributed by atoms with van der Waals surface area (Å²) in [6, 6.07) is 3.99. The van der Waals surface area contributed by atoms with Gasteiger partial charge >= 0.3 is 5.92 Å². The van der Waals surface area contributed by atoms with E-state index < -0.39 is 24.1 Å². The van der Waals surface area contributed by atoms with Crippen molar-refractivity contribution in [2.45, 2.75) is 56.7 Å². The lowest BCUT2D eigenvalue weighted by Crippen LogP contribution is -2.57. The number of hydrogen-bond donors (Lipinski definition) is 2. The molecule has 3 aliphatic heterocycles. The summed E-state index contributed by atoms with van der Waals surface area (Å²) < 4.78 is 36.8. The van der Waals surface area contributed by atoms with Gasteiger partial charge in [-0.05, 0) is 56.7 Å². The van der Waals surface area contributed by atoms with Crippen LogP contribution >= 0.6 is 11.6 Å². The molecule has 2 unspecified atom stereocenters. The Bertz CT molecular complexity index is 1630. The molecule has 216 valence electrons. The van der Waals surface area contributed by atoms with Gasteiger partial charge in [0.05, 0.1) is 29.5 Å². The van der Waals surface area contributed by atoms with Crippen LogP contribution in [0.3, 0.4) is 0 Å². The van der Waals surface area contributed by atoms with Crippen LogP contribution in [0.1, 0.15) is 32.6 Å². The normalized spacial score (nSPS) is 25.0. The second-order valence-corrected chi connectivity index (χ2v) is 11.7. The van der Waals surface area contributed by atoms with Gasteiger partial charge in [0.25, 0.3) is 5.56 Å². The molecule has 2 N–H and O–H groups in total. The first-order chi connectivity index (χ1) is 19.7. The zero-order valence-electron chi connectivity index (χ0n) is 22.7. The molecule has 3 atom stereocenters. The van der Waals surface area contributed by atoms with Gasteiger partial charge in [-0.25, -0.2) is 13.8 Å². The monoisotopic (exact) mass is 585 g/mol. The maximum atomic E-state index is 15.0. The summed E-state index contributed by atoms with van der Waals surface area (Å²) in [6.07, 6.45) is 4.54. The molecule has 1 saturated carbocycles. The largest absolute Gasteiger partial charge is 0.480 e. The predicted octanol–water partition coefficient (Wildman–Crippen LogP) is 4.14. The molecular weight excluding hydrogens is 556 g/mol. The van der Waals surface area contributed by atoms with Gasteiger partial charge in [0.1, 0.15) is 11.1 Å². The van der Waals surface area contributed by atoms with Gasteiger partial charge < -0.3 is 29.7 Å². The van der Waals surface area contributed by atoms with Crippen molar-refractivity contribution in [3.05, 3.63) is 39.8 Å². The summed E-state index contributed by atoms with van der Waals surface area (Å²) in [5.74, 6) is -2.56. The highest BCUT2D eigenvalue weighted by Gasteiger charge is 2.51. The summed E-state index contributed by atoms with van der Waals surface area (Å²) >= 11 is 6.50. The number of piperazine rings is 1. The van der Waals surface area contributed by atoms with Crippen molar-refractivity contribution in [1.82, 2.24) is 19.4 Å². The highest BCUT2D eigenvalue weighted by molar-refractivity contribution is 6.33. The Kier molecular flexibility index (Phi) is 6.04. The van der Waals surface area contributed by atoms with Crippen molar-refractivity contribution >= 4 is 51.6 Å². The van der Waals surface area contributed by atoms with Gasteiger partial charge in [0.2, 0.25) is 17.6 Å². The van der Waals surface area contributed by atoms with Gasteiger partial charge in [0, 0.05) is 31.2 Å². The lowest BCUT2D eigenvalue weighted by atomic mass is 10.0. The van der Waals surface area contributed by atoms with E-state index in [4.69, 9.17) is 21.3 Å². The minimum absolute atomic E-state index is 0.0833. The number of hydrogen-bond acceptors (Lipinski definition) is 8. The topological polar surface area (TPSA) is 105 Å². The number of benzene rings is 1. The smallest absolute Gasteiger partial charge is 0.301 e. The lowest BCUT2D eigenvalue weighted by Gasteiger charge is -2.40. The summed E-state index contributed by atoms with van der Waals surface area (Å²) in [4.78, 5) is 39.1. The molecular formula is C28H30ClF2N7O3. The molecule has 1 amide bonds. The molecule has 3 aromatic rings. The number of likely N-dealkylation sites (tertiary alicyclic amines) is 1. The molecule has 2 bridgehead atoms. The molecule has 1 aliphatic carbocycles. The number of amides is 1. The molecule has 41 heavy (non-hydrogen) atoms. The molecule has 2 aromatic heterocycles. The number of alkyl halides is 2. The molecule has 4 aliphatic rings. The Morgan fingerprint density at radius 3 is 2.78 bits per heavy atom. The third kappa shape index (κ3) is 4.25. The zero-order valence-corrected chi connectivity index (χ0v) is 23.4. The van der Waals surface area contributed by atoms with E-state index >= 15 is 0 Å². The number of rotatable bonds is 5. The summed E-state index contributed by atoms with van der Waals surface area (Å²) in [5.41, 5.74) is 0.928. The average molecular weight is 586 g/mol. The number of aromatic nitrogens is 3. The molecule has 10 nitrogen and oxygen atoms in total. The van der Waals surface area contributed by atoms with Gasteiger partial charge in [-0.15, -0.1) is 0 Å². The molecule has 0 radical (unpaired) electrons. The minimum Gasteiger partial charge on any atom is -0.480 e. The van der Waals surface area contributed by atoms with Gasteiger partial charge in [0.15, 0.2) is 12.4 Å². The number of nitrogens with zero attached hydrogens (tertiary/aromatic N) is 5. The molecule has 1 aromatic carbocycles. The van der Waals surface area contributed by atoms with Crippen LogP contribution in [0.2, 0.25) is 5.02 Å². The number of likely N-dealkylation sites (N-methyl/N-ethyl adjacent to an activating group) is 1. The molecule has 0 spiro atoms. The fourth-order valence-corrected chi connectivity index (χ4v) is 6.58. The number of ether oxygens (including phenoxy) is 1. The standard InChI is InChI=1S/C28H30ClF2N7O3/c1-3-37-12-16-7-9-20(25(37)39)38(16)27-32-11-18(29)24(35-27)33-15-6-8-19-17(10-15)21-22(26(40)36(19)2)41-13-28(30,31)23(34-21)14-4-5-14/h6,8,10-11,14,16,20,23,34H,3-5,7,9,12-13H2,1-2H3,(H,32,33,35)/t16?,20?,23-/m0/s1. The third-order valence-corrected chi connectivity index (χ3v) is 9.02. The first kappa shape index (κ1) is 26.2. The van der Waals surface area contributed by atoms with Crippen molar-refractivity contribution in [3.63, 3.8) is 0 Å². The SMILES string of the molecule is CCN1CC2CCC(C1=O)N2c1ncc(Cl)c(Nc2ccc3c(c2)c2c(c(=O)n3C)OCC(F)(F)[C@H](C3CC3)N2)n1. The van der Waals surface area contributed by atoms with Crippen molar-refractivity contribution in [2.75, 3.05) is 35.2 Å². The Morgan fingerprint density at radius 2 is 2.02 bits per heavy atom. The number of anilines is 4. The second-order valence-electron chi connectivity index (χ2n) is 11.3. The minimum atomic E-state index is -3.12. The Morgan fingerprint density at radius 1 is 1.22 bits per heavy atom. The molecule has 5 heterocycles. The quantitative estimate of drug-likeness (QED) is 0.460. The van der Waals surface area contributed by atoms with E-state index in [9.17, 15) is 18.4 Å². The Hall–Kier alpha value is -3.67. The maximum Gasteiger partial charge on any atom is 0.301 e. The van der Waals surface area contributed by atoms with E-state index in [0.717, 1.165) is 12.8 Å². The number of halogens is 3. The molecule has 7 rings (SSSR count). The number of nitrogens with one attached hydrogen (secondary N) is 2. The van der Waals surface area contributed by atoms with Crippen LogP contribution in [0.5, 0.6) is 5.75 Å². The van der Waals surface area contributed by atoms with E-state index in [0.29, 0.717) is 54.3 Å². The molecule has 13 heteroatoms. The van der Waals surface area contributed by atoms with Crippen LogP contribution < -0.4 is 25.8 Å². The first-order valence-electron chi connectivity index (χ1n) is 14.0. The molecule has 3 fully saturated rings. The van der Waals surface area contributed by atoms with Gasteiger partial charge in [-0.2, -0.15) is 4.98 Å². The number of carbonyl (C=O) groups excluding carboxylic acids is 1. The van der Waals surface area contributed by atoms with Crippen LogP contribution in [0.4, 0.5) is 31.9 Å². The zero-order chi connectivity index (χ0) is 28.6. The fourth-order valence-electron chi connectivity index (χ4n) is 6.44. The highest BCUT2D eigenvalue weighted by Crippen LogP contribution is 2.46. The number of pyridine rings is 1. The lowest BCUT2D eigenvalue weighted by molar-refractivity contribution is -0.133. The summed E-state index contributed by atoms with van der Waals surface area (Å²) in [5, 5.41) is 7.07. The van der Waals surface area contributed by atoms with Crippen LogP contribution in [0.25, 0.3) is 10.9 Å². The van der Waals surface area contributed by atoms with E-state index in [-0.39, 0.29) is 40.4 Å². The van der Waals surface area contributed by atoms with Gasteiger partial charge in [-0.3, -0.25) is 9.59 Å². The maximum absolute atomic E-state index is 15.0. The average Bonchev–Trinajstić information content (AvgIpc) is 3.74. The van der Waals surface area contributed by atoms with E-state index in [1.165, 1.54) is 10.8 Å². The fraction of sp³-hybridized carbons (Fsp3) is 0.500. The summed E-state index contributed by atoms with van der Waals surface area (Å²) in [7, 11) is 1.59.